The monoisotopic (exact) mass is 262 g/mol. The number of hydrogen-bond acceptors (Lipinski definition) is 4. The SMILES string of the molecule is CC1(F)CNCCN(S(=O)(=O)c2ccco2)C1. The van der Waals surface area contributed by atoms with Gasteiger partial charge in [0.2, 0.25) is 5.09 Å². The van der Waals surface area contributed by atoms with Crippen molar-refractivity contribution in [1.82, 2.24) is 9.62 Å². The van der Waals surface area contributed by atoms with Gasteiger partial charge in [0.25, 0.3) is 10.0 Å². The lowest BCUT2D eigenvalue weighted by Crippen LogP contribution is -2.42. The molecule has 1 aromatic heterocycles. The highest BCUT2D eigenvalue weighted by Gasteiger charge is 2.36. The van der Waals surface area contributed by atoms with E-state index in [1.54, 1.807) is 0 Å². The molecule has 1 atom stereocenters. The third kappa shape index (κ3) is 2.67. The van der Waals surface area contributed by atoms with E-state index in [9.17, 15) is 12.8 Å². The maximum Gasteiger partial charge on any atom is 0.276 e. The van der Waals surface area contributed by atoms with E-state index in [2.05, 4.69) is 5.32 Å². The summed E-state index contributed by atoms with van der Waals surface area (Å²) in [5.41, 5.74) is -1.57. The molecule has 1 aliphatic rings. The van der Waals surface area contributed by atoms with E-state index in [0.717, 1.165) is 4.31 Å². The van der Waals surface area contributed by atoms with Crippen molar-refractivity contribution in [2.24, 2.45) is 0 Å². The lowest BCUT2D eigenvalue weighted by Gasteiger charge is -2.24. The number of nitrogens with zero attached hydrogens (tertiary/aromatic N) is 1. The molecule has 1 aromatic rings. The van der Waals surface area contributed by atoms with Gasteiger partial charge in [-0.05, 0) is 19.1 Å². The van der Waals surface area contributed by atoms with Crippen molar-refractivity contribution in [1.29, 1.82) is 0 Å². The van der Waals surface area contributed by atoms with Crippen LogP contribution in [0.1, 0.15) is 6.92 Å². The van der Waals surface area contributed by atoms with Gasteiger partial charge in [-0.1, -0.05) is 0 Å². The van der Waals surface area contributed by atoms with E-state index < -0.39 is 15.7 Å². The molecule has 96 valence electrons. The Kier molecular flexibility index (Phi) is 3.24. The van der Waals surface area contributed by atoms with E-state index in [-0.39, 0.29) is 24.7 Å². The van der Waals surface area contributed by atoms with Crippen molar-refractivity contribution in [3.05, 3.63) is 18.4 Å². The Morgan fingerprint density at radius 2 is 2.35 bits per heavy atom. The molecule has 5 nitrogen and oxygen atoms in total. The average molecular weight is 262 g/mol. The van der Waals surface area contributed by atoms with Crippen molar-refractivity contribution in [3.63, 3.8) is 0 Å². The van der Waals surface area contributed by atoms with Gasteiger partial charge >= 0.3 is 0 Å². The smallest absolute Gasteiger partial charge is 0.276 e. The lowest BCUT2D eigenvalue weighted by atomic mass is 10.1. The van der Waals surface area contributed by atoms with E-state index in [1.807, 2.05) is 0 Å². The highest BCUT2D eigenvalue weighted by Crippen LogP contribution is 2.21. The Hall–Kier alpha value is -0.920. The molecule has 17 heavy (non-hydrogen) atoms. The molecule has 0 saturated carbocycles. The van der Waals surface area contributed by atoms with E-state index in [0.29, 0.717) is 6.54 Å². The van der Waals surface area contributed by atoms with Crippen LogP contribution in [0.2, 0.25) is 0 Å². The number of alkyl halides is 1. The van der Waals surface area contributed by atoms with Crippen molar-refractivity contribution in [3.8, 4) is 0 Å². The molecule has 1 aliphatic heterocycles. The summed E-state index contributed by atoms with van der Waals surface area (Å²) < 4.78 is 44.2. The molecule has 0 amide bonds. The van der Waals surface area contributed by atoms with Crippen LogP contribution < -0.4 is 5.32 Å². The van der Waals surface area contributed by atoms with Crippen LogP contribution in [0.3, 0.4) is 0 Å². The summed E-state index contributed by atoms with van der Waals surface area (Å²) in [5, 5.41) is 2.73. The number of nitrogens with one attached hydrogen (secondary N) is 1. The van der Waals surface area contributed by atoms with Crippen LogP contribution >= 0.6 is 0 Å². The number of furan rings is 1. The zero-order chi connectivity index (χ0) is 12.5. The third-order valence-electron chi connectivity index (χ3n) is 2.63. The first-order valence-electron chi connectivity index (χ1n) is 5.35. The van der Waals surface area contributed by atoms with Gasteiger partial charge in [-0.3, -0.25) is 0 Å². The molecule has 0 spiro atoms. The van der Waals surface area contributed by atoms with E-state index in [4.69, 9.17) is 4.42 Å². The predicted molar refractivity (Wildman–Crippen MR) is 59.8 cm³/mol. The Labute approximate surface area is 99.6 Å². The largest absolute Gasteiger partial charge is 0.452 e. The molecule has 2 heterocycles. The van der Waals surface area contributed by atoms with Gasteiger partial charge in [0.15, 0.2) is 0 Å². The lowest BCUT2D eigenvalue weighted by molar-refractivity contribution is 0.165. The highest BCUT2D eigenvalue weighted by atomic mass is 32.2. The quantitative estimate of drug-likeness (QED) is 0.848. The maximum atomic E-state index is 14.0. The first-order chi connectivity index (χ1) is 7.92. The first-order valence-corrected chi connectivity index (χ1v) is 6.79. The van der Waals surface area contributed by atoms with Gasteiger partial charge in [-0.25, -0.2) is 12.8 Å². The molecule has 2 rings (SSSR count). The minimum atomic E-state index is -3.73. The molecule has 1 unspecified atom stereocenters. The minimum absolute atomic E-state index is 0.143. The summed E-state index contributed by atoms with van der Waals surface area (Å²) in [6.45, 7) is 2.04. The molecule has 1 fully saturated rings. The Morgan fingerprint density at radius 1 is 1.59 bits per heavy atom. The summed E-state index contributed by atoms with van der Waals surface area (Å²) in [6.07, 6.45) is 1.29. The predicted octanol–water partition coefficient (Wildman–Crippen LogP) is 0.602. The van der Waals surface area contributed by atoms with Crippen LogP contribution in [-0.2, 0) is 10.0 Å². The van der Waals surface area contributed by atoms with Gasteiger partial charge in [0, 0.05) is 26.2 Å². The van der Waals surface area contributed by atoms with Crippen molar-refractivity contribution >= 4 is 10.0 Å². The maximum absolute atomic E-state index is 14.0. The fourth-order valence-corrected chi connectivity index (χ4v) is 3.25. The summed E-state index contributed by atoms with van der Waals surface area (Å²) in [7, 11) is -3.73. The second-order valence-electron chi connectivity index (χ2n) is 4.36. The van der Waals surface area contributed by atoms with Crippen molar-refractivity contribution < 1.29 is 17.2 Å². The topological polar surface area (TPSA) is 62.6 Å². The standard InChI is InChI=1S/C10H15FN2O3S/c1-10(11)7-12-4-5-13(8-10)17(14,15)9-3-2-6-16-9/h2-3,6,12H,4-5,7-8H2,1H3. The fraction of sp³-hybridized carbons (Fsp3) is 0.600. The van der Waals surface area contributed by atoms with Gasteiger partial charge < -0.3 is 9.73 Å². The number of hydrogen-bond donors (Lipinski definition) is 1. The van der Waals surface area contributed by atoms with Gasteiger partial charge in [-0.2, -0.15) is 4.31 Å². The molecular weight excluding hydrogens is 247 g/mol. The first kappa shape index (κ1) is 12.5. The zero-order valence-electron chi connectivity index (χ0n) is 9.52. The van der Waals surface area contributed by atoms with Crippen LogP contribution in [-0.4, -0.2) is 44.6 Å². The molecule has 1 N–H and O–H groups in total. The number of halogens is 1. The minimum Gasteiger partial charge on any atom is -0.452 e. The highest BCUT2D eigenvalue weighted by molar-refractivity contribution is 7.89. The molecule has 0 bridgehead atoms. The molecule has 0 aromatic carbocycles. The molecule has 7 heteroatoms. The van der Waals surface area contributed by atoms with Crippen LogP contribution in [0.25, 0.3) is 0 Å². The van der Waals surface area contributed by atoms with Crippen molar-refractivity contribution in [2.45, 2.75) is 17.7 Å². The zero-order valence-corrected chi connectivity index (χ0v) is 10.3. The van der Waals surface area contributed by atoms with Gasteiger partial charge in [0.05, 0.1) is 6.26 Å². The van der Waals surface area contributed by atoms with Gasteiger partial charge in [0.1, 0.15) is 5.67 Å². The number of rotatable bonds is 2. The Morgan fingerprint density at radius 3 is 3.00 bits per heavy atom. The van der Waals surface area contributed by atoms with Gasteiger partial charge in [-0.15, -0.1) is 0 Å². The second kappa shape index (κ2) is 4.40. The van der Waals surface area contributed by atoms with E-state index in [1.165, 1.54) is 25.3 Å². The molecule has 0 aliphatic carbocycles. The van der Waals surface area contributed by atoms with Crippen LogP contribution in [0, 0.1) is 0 Å². The fourth-order valence-electron chi connectivity index (χ4n) is 1.80. The third-order valence-corrected chi connectivity index (χ3v) is 4.36. The normalized spacial score (nSPS) is 27.9. The summed E-state index contributed by atoms with van der Waals surface area (Å²) >= 11 is 0. The Bertz CT molecular complexity index is 470. The Balaban J connectivity index is 2.27. The number of sulfonamides is 1. The van der Waals surface area contributed by atoms with Crippen LogP contribution in [0.4, 0.5) is 4.39 Å². The van der Waals surface area contributed by atoms with Crippen molar-refractivity contribution in [2.75, 3.05) is 26.2 Å². The van der Waals surface area contributed by atoms with E-state index >= 15 is 0 Å². The summed E-state index contributed by atoms with van der Waals surface area (Å²) in [6, 6.07) is 2.86. The second-order valence-corrected chi connectivity index (χ2v) is 6.23. The van der Waals surface area contributed by atoms with Crippen LogP contribution in [0.5, 0.6) is 0 Å². The molecular formula is C10H15FN2O3S. The summed E-state index contributed by atoms with van der Waals surface area (Å²) in [4.78, 5) is 0. The van der Waals surface area contributed by atoms with Crippen LogP contribution in [0.15, 0.2) is 27.9 Å². The average Bonchev–Trinajstić information content (AvgIpc) is 2.70. The molecule has 0 radical (unpaired) electrons. The summed E-state index contributed by atoms with van der Waals surface area (Å²) in [5.74, 6) is 0. The molecule has 1 saturated heterocycles.